The monoisotopic (exact) mass is 191 g/mol. The van der Waals surface area contributed by atoms with E-state index in [1.807, 2.05) is 6.92 Å². The van der Waals surface area contributed by atoms with E-state index in [1.54, 1.807) is 24.3 Å². The molecule has 3 heteroatoms. The number of rotatable bonds is 4. The molecular weight excluding hydrogens is 178 g/mol. The fourth-order valence-corrected chi connectivity index (χ4v) is 1.07. The first kappa shape index (κ1) is 10.3. The SMILES string of the molecule is C=C(C)CNc1ccccc1C(=O)O. The fourth-order valence-electron chi connectivity index (χ4n) is 1.07. The lowest BCUT2D eigenvalue weighted by Gasteiger charge is -2.08. The van der Waals surface area contributed by atoms with Crippen molar-refractivity contribution in [3.63, 3.8) is 0 Å². The van der Waals surface area contributed by atoms with Crippen molar-refractivity contribution in [3.8, 4) is 0 Å². The van der Waals surface area contributed by atoms with E-state index in [9.17, 15) is 4.79 Å². The molecule has 0 saturated heterocycles. The van der Waals surface area contributed by atoms with E-state index < -0.39 is 5.97 Å². The van der Waals surface area contributed by atoms with Gasteiger partial charge >= 0.3 is 5.97 Å². The molecule has 0 fully saturated rings. The Balaban J connectivity index is 2.84. The molecule has 0 saturated carbocycles. The Bertz CT molecular complexity index is 358. The number of carboxylic acid groups (broad SMARTS) is 1. The second-order valence-electron chi connectivity index (χ2n) is 3.16. The highest BCUT2D eigenvalue weighted by molar-refractivity contribution is 5.94. The van der Waals surface area contributed by atoms with Crippen molar-refractivity contribution < 1.29 is 9.90 Å². The van der Waals surface area contributed by atoms with Crippen LogP contribution in [0.15, 0.2) is 36.4 Å². The summed E-state index contributed by atoms with van der Waals surface area (Å²) in [4.78, 5) is 10.8. The number of hydrogen-bond donors (Lipinski definition) is 2. The summed E-state index contributed by atoms with van der Waals surface area (Å²) in [5, 5.41) is 11.9. The summed E-state index contributed by atoms with van der Waals surface area (Å²) >= 11 is 0. The van der Waals surface area contributed by atoms with Crippen LogP contribution in [0.2, 0.25) is 0 Å². The van der Waals surface area contributed by atoms with Crippen LogP contribution < -0.4 is 5.32 Å². The number of para-hydroxylation sites is 1. The number of anilines is 1. The molecule has 2 N–H and O–H groups in total. The topological polar surface area (TPSA) is 49.3 Å². The van der Waals surface area contributed by atoms with E-state index in [2.05, 4.69) is 11.9 Å². The fraction of sp³-hybridized carbons (Fsp3) is 0.182. The number of hydrogen-bond acceptors (Lipinski definition) is 2. The van der Waals surface area contributed by atoms with Gasteiger partial charge in [0.2, 0.25) is 0 Å². The van der Waals surface area contributed by atoms with Gasteiger partial charge < -0.3 is 10.4 Å². The number of aromatic carboxylic acids is 1. The van der Waals surface area contributed by atoms with Crippen molar-refractivity contribution in [1.82, 2.24) is 0 Å². The Hall–Kier alpha value is -1.77. The highest BCUT2D eigenvalue weighted by atomic mass is 16.4. The van der Waals surface area contributed by atoms with Gasteiger partial charge in [0.15, 0.2) is 0 Å². The van der Waals surface area contributed by atoms with Gasteiger partial charge in [0, 0.05) is 12.2 Å². The zero-order valence-corrected chi connectivity index (χ0v) is 8.08. The number of nitrogens with one attached hydrogen (secondary N) is 1. The van der Waals surface area contributed by atoms with Crippen LogP contribution in [0.4, 0.5) is 5.69 Å². The molecule has 1 aromatic rings. The molecule has 0 atom stereocenters. The third kappa shape index (κ3) is 2.62. The molecule has 0 bridgehead atoms. The third-order valence-electron chi connectivity index (χ3n) is 1.74. The molecule has 14 heavy (non-hydrogen) atoms. The summed E-state index contributed by atoms with van der Waals surface area (Å²) in [6.07, 6.45) is 0. The Kier molecular flexibility index (Phi) is 3.29. The van der Waals surface area contributed by atoms with Gasteiger partial charge in [0.1, 0.15) is 0 Å². The Morgan fingerprint density at radius 2 is 2.14 bits per heavy atom. The Morgan fingerprint density at radius 1 is 1.50 bits per heavy atom. The van der Waals surface area contributed by atoms with Crippen LogP contribution in [-0.2, 0) is 0 Å². The first-order valence-electron chi connectivity index (χ1n) is 4.32. The average molecular weight is 191 g/mol. The van der Waals surface area contributed by atoms with E-state index in [4.69, 9.17) is 5.11 Å². The largest absolute Gasteiger partial charge is 0.478 e. The molecule has 0 spiro atoms. The highest BCUT2D eigenvalue weighted by Crippen LogP contribution is 2.14. The molecule has 1 rings (SSSR count). The smallest absolute Gasteiger partial charge is 0.337 e. The maximum atomic E-state index is 10.8. The second-order valence-corrected chi connectivity index (χ2v) is 3.16. The quantitative estimate of drug-likeness (QED) is 0.718. The van der Waals surface area contributed by atoms with E-state index in [1.165, 1.54) is 0 Å². The summed E-state index contributed by atoms with van der Waals surface area (Å²) in [7, 11) is 0. The molecule has 0 aliphatic rings. The molecule has 0 aliphatic heterocycles. The summed E-state index contributed by atoms with van der Waals surface area (Å²) in [5.74, 6) is -0.921. The van der Waals surface area contributed by atoms with Gasteiger partial charge in [-0.25, -0.2) is 4.79 Å². The van der Waals surface area contributed by atoms with E-state index >= 15 is 0 Å². The minimum atomic E-state index is -0.921. The zero-order valence-electron chi connectivity index (χ0n) is 8.08. The summed E-state index contributed by atoms with van der Waals surface area (Å²) in [6.45, 7) is 6.21. The van der Waals surface area contributed by atoms with Crippen molar-refractivity contribution in [2.24, 2.45) is 0 Å². The van der Waals surface area contributed by atoms with E-state index in [0.717, 1.165) is 5.57 Å². The van der Waals surface area contributed by atoms with Gasteiger partial charge in [0.05, 0.1) is 5.56 Å². The Labute approximate surface area is 83.1 Å². The molecule has 74 valence electrons. The molecule has 0 aromatic heterocycles. The summed E-state index contributed by atoms with van der Waals surface area (Å²) < 4.78 is 0. The lowest BCUT2D eigenvalue weighted by Crippen LogP contribution is -2.07. The van der Waals surface area contributed by atoms with Crippen LogP contribution in [0.3, 0.4) is 0 Å². The standard InChI is InChI=1S/C11H13NO2/c1-8(2)7-12-10-6-4-3-5-9(10)11(13)14/h3-6,12H,1,7H2,2H3,(H,13,14). The molecule has 0 heterocycles. The minimum Gasteiger partial charge on any atom is -0.478 e. The lowest BCUT2D eigenvalue weighted by molar-refractivity contribution is 0.0698. The van der Waals surface area contributed by atoms with Crippen LogP contribution in [0.5, 0.6) is 0 Å². The number of carbonyl (C=O) groups is 1. The molecule has 0 amide bonds. The van der Waals surface area contributed by atoms with Crippen molar-refractivity contribution in [2.45, 2.75) is 6.92 Å². The summed E-state index contributed by atoms with van der Waals surface area (Å²) in [6, 6.07) is 6.82. The maximum absolute atomic E-state index is 10.8. The lowest BCUT2D eigenvalue weighted by atomic mass is 10.1. The van der Waals surface area contributed by atoms with Gasteiger partial charge in [-0.2, -0.15) is 0 Å². The molecule has 0 radical (unpaired) electrons. The normalized spacial score (nSPS) is 9.50. The molecular formula is C11H13NO2. The predicted octanol–water partition coefficient (Wildman–Crippen LogP) is 2.37. The summed E-state index contributed by atoms with van der Waals surface area (Å²) in [5.41, 5.74) is 1.88. The number of carboxylic acids is 1. The predicted molar refractivity (Wildman–Crippen MR) is 56.7 cm³/mol. The zero-order chi connectivity index (χ0) is 10.6. The molecule has 3 nitrogen and oxygen atoms in total. The minimum absolute atomic E-state index is 0.286. The van der Waals surface area contributed by atoms with Gasteiger partial charge in [-0.05, 0) is 19.1 Å². The van der Waals surface area contributed by atoms with Crippen LogP contribution in [0.25, 0.3) is 0 Å². The molecule has 0 aliphatic carbocycles. The molecule has 0 unspecified atom stereocenters. The number of benzene rings is 1. The van der Waals surface area contributed by atoms with Crippen LogP contribution in [0.1, 0.15) is 17.3 Å². The first-order valence-corrected chi connectivity index (χ1v) is 4.32. The van der Waals surface area contributed by atoms with Gasteiger partial charge in [-0.15, -0.1) is 0 Å². The highest BCUT2D eigenvalue weighted by Gasteiger charge is 2.07. The van der Waals surface area contributed by atoms with Gasteiger partial charge in [-0.1, -0.05) is 24.3 Å². The molecule has 1 aromatic carbocycles. The van der Waals surface area contributed by atoms with Crippen molar-refractivity contribution in [1.29, 1.82) is 0 Å². The van der Waals surface area contributed by atoms with Gasteiger partial charge in [0.25, 0.3) is 0 Å². The van der Waals surface area contributed by atoms with Crippen LogP contribution in [0, 0.1) is 0 Å². The van der Waals surface area contributed by atoms with Crippen molar-refractivity contribution in [2.75, 3.05) is 11.9 Å². The maximum Gasteiger partial charge on any atom is 0.337 e. The first-order chi connectivity index (χ1) is 6.61. The Morgan fingerprint density at radius 3 is 2.71 bits per heavy atom. The van der Waals surface area contributed by atoms with Crippen molar-refractivity contribution >= 4 is 11.7 Å². The van der Waals surface area contributed by atoms with Crippen LogP contribution in [-0.4, -0.2) is 17.6 Å². The average Bonchev–Trinajstić information content (AvgIpc) is 2.15. The van der Waals surface area contributed by atoms with Gasteiger partial charge in [-0.3, -0.25) is 0 Å². The van der Waals surface area contributed by atoms with Crippen LogP contribution >= 0.6 is 0 Å². The van der Waals surface area contributed by atoms with E-state index in [0.29, 0.717) is 12.2 Å². The van der Waals surface area contributed by atoms with Crippen molar-refractivity contribution in [3.05, 3.63) is 42.0 Å². The van der Waals surface area contributed by atoms with E-state index in [-0.39, 0.29) is 5.56 Å². The second kappa shape index (κ2) is 4.46. The third-order valence-corrected chi connectivity index (χ3v) is 1.74.